The Bertz CT molecular complexity index is 574. The number of nitrogens with one attached hydrogen (secondary N) is 1. The summed E-state index contributed by atoms with van der Waals surface area (Å²) in [6.45, 7) is 4.18. The number of nitrogens with zero attached hydrogens (tertiary/aromatic N) is 1. The topological polar surface area (TPSA) is 75.4 Å². The molecule has 1 aromatic rings. The maximum absolute atomic E-state index is 12.9. The fraction of sp³-hybridized carbons (Fsp3) is 0.556. The summed E-state index contributed by atoms with van der Waals surface area (Å²) < 4.78 is 0.965. The second-order valence-corrected chi connectivity index (χ2v) is 7.43. The monoisotopic (exact) mass is 395 g/mol. The highest BCUT2D eigenvalue weighted by atomic mass is 79.9. The van der Waals surface area contributed by atoms with Crippen LogP contribution in [0.4, 0.5) is 0 Å². The molecule has 0 radical (unpaired) electrons. The average Bonchev–Trinajstić information content (AvgIpc) is 2.54. The van der Waals surface area contributed by atoms with Crippen molar-refractivity contribution in [1.29, 1.82) is 0 Å². The molecule has 24 heavy (non-hydrogen) atoms. The first-order valence-electron chi connectivity index (χ1n) is 8.46. The number of piperidine rings is 1. The lowest BCUT2D eigenvalue weighted by molar-refractivity contribution is -0.136. The van der Waals surface area contributed by atoms with Crippen LogP contribution in [0.2, 0.25) is 0 Å². The zero-order chi connectivity index (χ0) is 17.7. The molecule has 0 spiro atoms. The third-order valence-corrected chi connectivity index (χ3v) is 5.03. The lowest BCUT2D eigenvalue weighted by atomic mass is 9.95. The van der Waals surface area contributed by atoms with Gasteiger partial charge in [0.25, 0.3) is 0 Å². The normalized spacial score (nSPS) is 20.3. The second kappa shape index (κ2) is 8.62. The van der Waals surface area contributed by atoms with Gasteiger partial charge in [-0.25, -0.2) is 0 Å². The quantitative estimate of drug-likeness (QED) is 0.804. The molecule has 5 nitrogen and oxygen atoms in total. The predicted molar refractivity (Wildman–Crippen MR) is 98.3 cm³/mol. The molecule has 0 bridgehead atoms. The molecule has 6 heteroatoms. The molecule has 1 aliphatic rings. The minimum atomic E-state index is -0.321. The van der Waals surface area contributed by atoms with E-state index in [0.717, 1.165) is 35.8 Å². The summed E-state index contributed by atoms with van der Waals surface area (Å²) in [5.41, 5.74) is 6.99. The molecule has 3 N–H and O–H groups in total. The highest BCUT2D eigenvalue weighted by Crippen LogP contribution is 2.24. The molecular formula is C18H26BrN3O2. The molecule has 1 heterocycles. The van der Waals surface area contributed by atoms with E-state index >= 15 is 0 Å². The minimum Gasteiger partial charge on any atom is -0.349 e. The van der Waals surface area contributed by atoms with Crippen LogP contribution in [0.15, 0.2) is 28.7 Å². The van der Waals surface area contributed by atoms with Crippen LogP contribution >= 0.6 is 15.9 Å². The first-order chi connectivity index (χ1) is 11.4. The van der Waals surface area contributed by atoms with Crippen molar-refractivity contribution in [2.75, 3.05) is 6.54 Å². The van der Waals surface area contributed by atoms with Crippen LogP contribution in [-0.2, 0) is 9.59 Å². The fourth-order valence-corrected chi connectivity index (χ4v) is 3.56. The molecule has 1 saturated heterocycles. The average molecular weight is 396 g/mol. The van der Waals surface area contributed by atoms with Crippen molar-refractivity contribution < 1.29 is 9.59 Å². The van der Waals surface area contributed by atoms with E-state index in [0.29, 0.717) is 0 Å². The van der Waals surface area contributed by atoms with Gasteiger partial charge in [-0.2, -0.15) is 0 Å². The van der Waals surface area contributed by atoms with Crippen LogP contribution in [0.25, 0.3) is 0 Å². The van der Waals surface area contributed by atoms with E-state index in [-0.39, 0.29) is 36.4 Å². The number of rotatable bonds is 5. The number of halogens is 1. The van der Waals surface area contributed by atoms with E-state index in [9.17, 15) is 9.59 Å². The maximum Gasteiger partial charge on any atom is 0.225 e. The van der Waals surface area contributed by atoms with Crippen molar-refractivity contribution in [2.45, 2.75) is 57.7 Å². The fourth-order valence-electron chi connectivity index (χ4n) is 3.30. The van der Waals surface area contributed by atoms with Crippen molar-refractivity contribution >= 4 is 27.7 Å². The van der Waals surface area contributed by atoms with Crippen molar-refractivity contribution in [1.82, 2.24) is 10.2 Å². The van der Waals surface area contributed by atoms with Gasteiger partial charge in [0.2, 0.25) is 11.8 Å². The van der Waals surface area contributed by atoms with Gasteiger partial charge in [0.05, 0.1) is 12.5 Å². The number of amides is 2. The lowest BCUT2D eigenvalue weighted by Crippen LogP contribution is -2.52. The Morgan fingerprint density at radius 3 is 2.58 bits per heavy atom. The summed E-state index contributed by atoms with van der Waals surface area (Å²) in [6, 6.07) is 7.42. The summed E-state index contributed by atoms with van der Waals surface area (Å²) in [6.07, 6.45) is 3.33. The van der Waals surface area contributed by atoms with Gasteiger partial charge in [0, 0.05) is 30.0 Å². The largest absolute Gasteiger partial charge is 0.349 e. The number of hydrogen-bond acceptors (Lipinski definition) is 3. The maximum atomic E-state index is 12.9. The molecule has 3 unspecified atom stereocenters. The zero-order valence-corrected chi connectivity index (χ0v) is 15.9. The number of carbonyl (C=O) groups is 2. The molecule has 0 aromatic heterocycles. The molecule has 1 aliphatic heterocycles. The summed E-state index contributed by atoms with van der Waals surface area (Å²) >= 11 is 3.41. The SMILES string of the molecule is CC(=O)NC(CC(=O)N1CCCCC1C(C)N)c1ccc(Br)cc1. The molecule has 2 rings (SSSR count). The Morgan fingerprint density at radius 1 is 1.33 bits per heavy atom. The highest BCUT2D eigenvalue weighted by molar-refractivity contribution is 9.10. The predicted octanol–water partition coefficient (Wildman–Crippen LogP) is 2.74. The van der Waals surface area contributed by atoms with Gasteiger partial charge in [-0.05, 0) is 43.9 Å². The van der Waals surface area contributed by atoms with Crippen LogP contribution in [0.1, 0.15) is 51.1 Å². The second-order valence-electron chi connectivity index (χ2n) is 6.52. The summed E-state index contributed by atoms with van der Waals surface area (Å²) in [5, 5.41) is 2.90. The van der Waals surface area contributed by atoms with E-state index < -0.39 is 0 Å². The van der Waals surface area contributed by atoms with Crippen LogP contribution in [0, 0.1) is 0 Å². The molecule has 3 atom stereocenters. The Balaban J connectivity index is 2.14. The van der Waals surface area contributed by atoms with Gasteiger partial charge in [-0.3, -0.25) is 9.59 Å². The Kier molecular flexibility index (Phi) is 6.80. The van der Waals surface area contributed by atoms with Gasteiger partial charge in [0.15, 0.2) is 0 Å². The van der Waals surface area contributed by atoms with Crippen molar-refractivity contribution in [3.63, 3.8) is 0 Å². The summed E-state index contributed by atoms with van der Waals surface area (Å²) in [7, 11) is 0. The number of nitrogens with two attached hydrogens (primary N) is 1. The Labute approximate surface area is 152 Å². The molecular weight excluding hydrogens is 370 g/mol. The van der Waals surface area contributed by atoms with Crippen LogP contribution in [0.3, 0.4) is 0 Å². The standard InChI is InChI=1S/C18H26BrN3O2/c1-12(20)17-5-3-4-10-22(17)18(24)11-16(21-13(2)23)14-6-8-15(19)9-7-14/h6-9,12,16-17H,3-5,10-11,20H2,1-2H3,(H,21,23). The zero-order valence-electron chi connectivity index (χ0n) is 14.3. The third kappa shape index (κ3) is 5.05. The van der Waals surface area contributed by atoms with Gasteiger partial charge < -0.3 is 16.0 Å². The van der Waals surface area contributed by atoms with E-state index in [4.69, 9.17) is 5.73 Å². The Morgan fingerprint density at radius 2 is 2.00 bits per heavy atom. The number of likely N-dealkylation sites (tertiary alicyclic amines) is 1. The van der Waals surface area contributed by atoms with Crippen molar-refractivity contribution in [3.05, 3.63) is 34.3 Å². The minimum absolute atomic E-state index is 0.0406. The summed E-state index contributed by atoms with van der Waals surface area (Å²) in [4.78, 5) is 26.3. The van der Waals surface area contributed by atoms with Crippen LogP contribution in [0.5, 0.6) is 0 Å². The van der Waals surface area contributed by atoms with Gasteiger partial charge >= 0.3 is 0 Å². The van der Waals surface area contributed by atoms with E-state index in [1.54, 1.807) is 0 Å². The van der Waals surface area contributed by atoms with E-state index in [1.807, 2.05) is 36.1 Å². The van der Waals surface area contributed by atoms with E-state index in [1.165, 1.54) is 6.92 Å². The molecule has 0 saturated carbocycles. The number of benzene rings is 1. The summed E-state index contributed by atoms with van der Waals surface area (Å²) in [5.74, 6) is -0.0863. The highest BCUT2D eigenvalue weighted by Gasteiger charge is 2.30. The van der Waals surface area contributed by atoms with Crippen LogP contribution < -0.4 is 11.1 Å². The van der Waals surface area contributed by atoms with E-state index in [2.05, 4.69) is 21.2 Å². The van der Waals surface area contributed by atoms with Gasteiger partial charge in [-0.1, -0.05) is 28.1 Å². The van der Waals surface area contributed by atoms with Crippen molar-refractivity contribution in [3.8, 4) is 0 Å². The van der Waals surface area contributed by atoms with Crippen molar-refractivity contribution in [2.24, 2.45) is 5.73 Å². The molecule has 132 valence electrons. The molecule has 0 aliphatic carbocycles. The first-order valence-corrected chi connectivity index (χ1v) is 9.25. The smallest absolute Gasteiger partial charge is 0.225 e. The molecule has 1 fully saturated rings. The van der Waals surface area contributed by atoms with Gasteiger partial charge in [-0.15, -0.1) is 0 Å². The first kappa shape index (κ1) is 18.9. The number of carbonyl (C=O) groups excluding carboxylic acids is 2. The molecule has 2 amide bonds. The lowest BCUT2D eigenvalue weighted by Gasteiger charge is -2.38. The number of hydrogen-bond donors (Lipinski definition) is 2. The van der Waals surface area contributed by atoms with Gasteiger partial charge in [0.1, 0.15) is 0 Å². The van der Waals surface area contributed by atoms with Crippen LogP contribution in [-0.4, -0.2) is 35.3 Å². The molecule has 1 aromatic carbocycles. The Hall–Kier alpha value is -1.40. The third-order valence-electron chi connectivity index (χ3n) is 4.51.